The van der Waals surface area contributed by atoms with E-state index in [1.54, 1.807) is 6.20 Å². The lowest BCUT2D eigenvalue weighted by atomic mass is 9.82. The molecular formula is C22H30N5O2+. The van der Waals surface area contributed by atoms with Gasteiger partial charge in [-0.15, -0.1) is 0 Å². The van der Waals surface area contributed by atoms with Crippen molar-refractivity contribution in [2.24, 2.45) is 0 Å². The Balaban J connectivity index is 1.41. The van der Waals surface area contributed by atoms with Gasteiger partial charge in [-0.1, -0.05) is 12.1 Å². The molecule has 0 amide bonds. The molecule has 1 fully saturated rings. The highest BCUT2D eigenvalue weighted by atomic mass is 16.5. The third-order valence-corrected chi connectivity index (χ3v) is 5.88. The number of anilines is 2. The van der Waals surface area contributed by atoms with Crippen molar-refractivity contribution >= 4 is 17.4 Å². The van der Waals surface area contributed by atoms with Gasteiger partial charge in [0, 0.05) is 32.4 Å². The molecule has 0 radical (unpaired) electrons. The largest absolute Gasteiger partial charge is 0.378 e. The molecule has 1 aromatic carbocycles. The molecule has 0 bridgehead atoms. The Bertz CT molecular complexity index is 847. The summed E-state index contributed by atoms with van der Waals surface area (Å²) in [6, 6.07) is 8.47. The zero-order valence-corrected chi connectivity index (χ0v) is 17.3. The van der Waals surface area contributed by atoms with Crippen molar-refractivity contribution in [3.8, 4) is 0 Å². The van der Waals surface area contributed by atoms with Crippen molar-refractivity contribution in [1.82, 2.24) is 9.97 Å². The first-order valence-corrected chi connectivity index (χ1v) is 10.4. The number of quaternary nitrogens is 1. The van der Waals surface area contributed by atoms with Crippen LogP contribution in [0, 0.1) is 0 Å². The molecule has 2 N–H and O–H groups in total. The summed E-state index contributed by atoms with van der Waals surface area (Å²) in [4.78, 5) is 25.3. The van der Waals surface area contributed by atoms with E-state index in [4.69, 9.17) is 4.74 Å². The minimum absolute atomic E-state index is 0.136. The van der Waals surface area contributed by atoms with Gasteiger partial charge in [0.05, 0.1) is 37.6 Å². The highest BCUT2D eigenvalue weighted by Crippen LogP contribution is 2.32. The zero-order valence-electron chi connectivity index (χ0n) is 17.3. The summed E-state index contributed by atoms with van der Waals surface area (Å²) in [7, 11) is 4.06. The molecule has 154 valence electrons. The van der Waals surface area contributed by atoms with E-state index in [0.29, 0.717) is 17.9 Å². The smallest absolute Gasteiger partial charge is 0.223 e. The number of morpholine rings is 1. The van der Waals surface area contributed by atoms with E-state index in [1.807, 2.05) is 14.1 Å². The Labute approximate surface area is 172 Å². The van der Waals surface area contributed by atoms with Crippen LogP contribution in [0.1, 0.15) is 34.0 Å². The Kier molecular flexibility index (Phi) is 6.06. The Morgan fingerprint density at radius 2 is 1.93 bits per heavy atom. The summed E-state index contributed by atoms with van der Waals surface area (Å²) >= 11 is 0. The Morgan fingerprint density at radius 3 is 2.66 bits per heavy atom. The van der Waals surface area contributed by atoms with Crippen LogP contribution in [0.2, 0.25) is 0 Å². The molecule has 2 aromatic rings. The van der Waals surface area contributed by atoms with Crippen LogP contribution >= 0.6 is 0 Å². The Morgan fingerprint density at radius 1 is 1.17 bits per heavy atom. The fraction of sp³-hybridized carbons (Fsp3) is 0.500. The molecule has 1 aromatic heterocycles. The molecule has 7 heteroatoms. The highest BCUT2D eigenvalue weighted by molar-refractivity contribution is 5.98. The van der Waals surface area contributed by atoms with Crippen molar-refractivity contribution < 1.29 is 14.4 Å². The summed E-state index contributed by atoms with van der Waals surface area (Å²) in [5.74, 6) is 0.928. The van der Waals surface area contributed by atoms with Gasteiger partial charge in [0.15, 0.2) is 5.78 Å². The maximum atomic E-state index is 12.7. The van der Waals surface area contributed by atoms with Crippen LogP contribution in [0.5, 0.6) is 0 Å². The fourth-order valence-corrected chi connectivity index (χ4v) is 4.07. The molecule has 2 heterocycles. The molecule has 1 aliphatic carbocycles. The average molecular weight is 397 g/mol. The highest BCUT2D eigenvalue weighted by Gasteiger charge is 2.28. The van der Waals surface area contributed by atoms with Gasteiger partial charge < -0.3 is 19.9 Å². The monoisotopic (exact) mass is 396 g/mol. The second-order valence-corrected chi connectivity index (χ2v) is 8.11. The number of fused-ring (bicyclic) bond motifs is 1. The molecule has 1 saturated heterocycles. The topological polar surface area (TPSA) is 71.8 Å². The summed E-state index contributed by atoms with van der Waals surface area (Å²) in [6.45, 7) is 5.61. The number of carbonyl (C=O) groups is 1. The van der Waals surface area contributed by atoms with E-state index in [-0.39, 0.29) is 11.7 Å². The predicted molar refractivity (Wildman–Crippen MR) is 113 cm³/mol. The number of Topliss-reactive ketones (excluding diaryl/α,β-unsaturated/α-hetero) is 1. The first-order valence-electron chi connectivity index (χ1n) is 10.4. The van der Waals surface area contributed by atoms with E-state index >= 15 is 0 Å². The lowest BCUT2D eigenvalue weighted by molar-refractivity contribution is -0.906. The van der Waals surface area contributed by atoms with Crippen LogP contribution in [0.25, 0.3) is 0 Å². The quantitative estimate of drug-likeness (QED) is 0.752. The first-order chi connectivity index (χ1) is 14.1. The molecular weight excluding hydrogens is 366 g/mol. The van der Waals surface area contributed by atoms with Crippen molar-refractivity contribution in [3.63, 3.8) is 0 Å². The number of nitrogens with zero attached hydrogens (tertiary/aromatic N) is 3. The van der Waals surface area contributed by atoms with Gasteiger partial charge in [-0.2, -0.15) is 0 Å². The lowest BCUT2D eigenvalue weighted by Crippen LogP contribution is -3.14. The van der Waals surface area contributed by atoms with Crippen molar-refractivity contribution in [1.29, 1.82) is 0 Å². The van der Waals surface area contributed by atoms with Gasteiger partial charge >= 0.3 is 0 Å². The molecule has 29 heavy (non-hydrogen) atoms. The summed E-state index contributed by atoms with van der Waals surface area (Å²) in [5.41, 5.74) is 3.89. The van der Waals surface area contributed by atoms with Crippen LogP contribution in [0.15, 0.2) is 30.5 Å². The van der Waals surface area contributed by atoms with Crippen LogP contribution in [0.4, 0.5) is 11.6 Å². The van der Waals surface area contributed by atoms with Gasteiger partial charge in [0.25, 0.3) is 0 Å². The third kappa shape index (κ3) is 4.74. The second kappa shape index (κ2) is 8.88. The summed E-state index contributed by atoms with van der Waals surface area (Å²) in [5, 5.41) is 3.33. The molecule has 4 rings (SSSR count). The van der Waals surface area contributed by atoms with E-state index in [1.165, 1.54) is 10.5 Å². The molecule has 7 nitrogen and oxygen atoms in total. The maximum Gasteiger partial charge on any atom is 0.223 e. The molecule has 0 spiro atoms. The van der Waals surface area contributed by atoms with Gasteiger partial charge in [-0.05, 0) is 30.0 Å². The SMILES string of the molecule is CN(C)c1ccc([C@@H]2CC(=O)c3cnc(NCC[NH+]4CCOCC4)nc3C2)cc1. The van der Waals surface area contributed by atoms with Gasteiger partial charge in [-0.25, -0.2) is 9.97 Å². The number of aromatic nitrogens is 2. The number of nitrogens with one attached hydrogen (secondary N) is 2. The lowest BCUT2D eigenvalue weighted by Gasteiger charge is -2.25. The fourth-order valence-electron chi connectivity index (χ4n) is 4.07. The maximum absolute atomic E-state index is 12.7. The van der Waals surface area contributed by atoms with E-state index in [0.717, 1.165) is 57.2 Å². The second-order valence-electron chi connectivity index (χ2n) is 8.11. The minimum atomic E-state index is 0.136. The van der Waals surface area contributed by atoms with Crippen LogP contribution in [-0.2, 0) is 11.2 Å². The molecule has 1 aliphatic heterocycles. The number of hydrogen-bond donors (Lipinski definition) is 2. The van der Waals surface area contributed by atoms with Gasteiger partial charge in [0.1, 0.15) is 13.1 Å². The van der Waals surface area contributed by atoms with Crippen molar-refractivity contribution in [2.75, 3.05) is 63.7 Å². The van der Waals surface area contributed by atoms with E-state index < -0.39 is 0 Å². The van der Waals surface area contributed by atoms with Crippen LogP contribution in [-0.4, -0.2) is 69.2 Å². The summed E-state index contributed by atoms with van der Waals surface area (Å²) < 4.78 is 5.40. The molecule has 0 unspecified atom stereocenters. The minimum Gasteiger partial charge on any atom is -0.378 e. The van der Waals surface area contributed by atoms with Crippen molar-refractivity contribution in [3.05, 3.63) is 47.3 Å². The molecule has 2 aliphatic rings. The summed E-state index contributed by atoms with van der Waals surface area (Å²) in [6.07, 6.45) is 2.99. The van der Waals surface area contributed by atoms with Crippen LogP contribution < -0.4 is 15.1 Å². The third-order valence-electron chi connectivity index (χ3n) is 5.88. The van der Waals surface area contributed by atoms with Crippen LogP contribution in [0.3, 0.4) is 0 Å². The number of rotatable bonds is 6. The van der Waals surface area contributed by atoms with E-state index in [9.17, 15) is 4.79 Å². The number of ether oxygens (including phenoxy) is 1. The average Bonchev–Trinajstić information content (AvgIpc) is 2.74. The zero-order chi connectivity index (χ0) is 20.2. The first kappa shape index (κ1) is 19.8. The van der Waals surface area contributed by atoms with E-state index in [2.05, 4.69) is 44.5 Å². The predicted octanol–water partition coefficient (Wildman–Crippen LogP) is 0.782. The number of benzene rings is 1. The number of hydrogen-bond acceptors (Lipinski definition) is 6. The number of ketones is 1. The van der Waals surface area contributed by atoms with Crippen molar-refractivity contribution in [2.45, 2.75) is 18.8 Å². The normalized spacial score (nSPS) is 19.7. The molecule has 0 saturated carbocycles. The van der Waals surface area contributed by atoms with Gasteiger partial charge in [-0.3, -0.25) is 4.79 Å². The molecule has 1 atom stereocenters. The Hall–Kier alpha value is -2.51. The van der Waals surface area contributed by atoms with Gasteiger partial charge in [0.2, 0.25) is 5.95 Å². The standard InChI is InChI=1S/C22H29N5O2/c1-26(2)18-5-3-16(4-6-18)17-13-20-19(21(28)14-17)15-24-22(25-20)23-7-8-27-9-11-29-12-10-27/h3-6,15,17H,7-14H2,1-2H3,(H,23,24,25)/p+1/t17-/m0/s1. The number of carbonyl (C=O) groups excluding carboxylic acids is 1.